The standard InChI is InChI=1S/C24H23N3O5/c1-14-17(16-6-4-5-7-19(16)25-14)13-18-22(28)26-24(30)27(23(18)29)11-10-15-8-9-20(31-2)21(12-15)32-3/h4-9,12-13,29H,10-11H2,1-3H3,(H,26,28,30)/b17-13-. The maximum absolute atomic E-state index is 12.5. The minimum Gasteiger partial charge on any atom is -0.494 e. The largest absolute Gasteiger partial charge is 0.494 e. The molecular weight excluding hydrogens is 410 g/mol. The van der Waals surface area contributed by atoms with E-state index in [-0.39, 0.29) is 18.0 Å². The van der Waals surface area contributed by atoms with Crippen LogP contribution in [0.15, 0.2) is 57.0 Å². The molecular formula is C24H23N3O5. The predicted octanol–water partition coefficient (Wildman–Crippen LogP) is 3.15. The number of benzene rings is 2. The predicted molar refractivity (Wildman–Crippen MR) is 123 cm³/mol. The lowest BCUT2D eigenvalue weighted by Gasteiger charge is -2.12. The number of hydrogen-bond acceptors (Lipinski definition) is 6. The summed E-state index contributed by atoms with van der Waals surface area (Å²) in [4.78, 5) is 31.7. The molecule has 1 aromatic heterocycles. The van der Waals surface area contributed by atoms with Gasteiger partial charge in [0.15, 0.2) is 11.5 Å². The third-order valence-electron chi connectivity index (χ3n) is 5.44. The van der Waals surface area contributed by atoms with Crippen LogP contribution in [-0.2, 0) is 13.0 Å². The van der Waals surface area contributed by atoms with Gasteiger partial charge < -0.3 is 14.6 Å². The van der Waals surface area contributed by atoms with Gasteiger partial charge in [-0.3, -0.25) is 19.3 Å². The van der Waals surface area contributed by atoms with Crippen LogP contribution in [0.3, 0.4) is 0 Å². The van der Waals surface area contributed by atoms with Gasteiger partial charge in [-0.25, -0.2) is 4.79 Å². The Hall–Kier alpha value is -4.07. The number of aromatic nitrogens is 2. The van der Waals surface area contributed by atoms with E-state index in [1.165, 1.54) is 0 Å². The Morgan fingerprint density at radius 2 is 1.84 bits per heavy atom. The highest BCUT2D eigenvalue weighted by atomic mass is 16.5. The van der Waals surface area contributed by atoms with Crippen molar-refractivity contribution in [3.05, 3.63) is 80.0 Å². The number of aromatic amines is 1. The van der Waals surface area contributed by atoms with Crippen molar-refractivity contribution in [2.24, 2.45) is 4.99 Å². The van der Waals surface area contributed by atoms with Gasteiger partial charge in [0, 0.05) is 23.4 Å². The van der Waals surface area contributed by atoms with Crippen LogP contribution >= 0.6 is 0 Å². The number of fused-ring (bicyclic) bond motifs is 1. The van der Waals surface area contributed by atoms with Crippen LogP contribution in [0.4, 0.5) is 5.69 Å². The quantitative estimate of drug-likeness (QED) is 0.621. The molecule has 32 heavy (non-hydrogen) atoms. The van der Waals surface area contributed by atoms with Crippen molar-refractivity contribution in [2.45, 2.75) is 19.9 Å². The van der Waals surface area contributed by atoms with Crippen molar-refractivity contribution in [1.82, 2.24) is 9.55 Å². The van der Waals surface area contributed by atoms with E-state index in [4.69, 9.17) is 9.47 Å². The number of para-hydroxylation sites is 1. The molecule has 2 N–H and O–H groups in total. The Morgan fingerprint density at radius 1 is 1.09 bits per heavy atom. The Bertz CT molecular complexity index is 1360. The molecule has 3 aromatic rings. The first-order valence-corrected chi connectivity index (χ1v) is 10.1. The molecule has 2 aromatic carbocycles. The Kier molecular flexibility index (Phi) is 5.68. The minimum absolute atomic E-state index is 0.0122. The maximum Gasteiger partial charge on any atom is 0.331 e. The number of H-pyrrole nitrogens is 1. The fraction of sp³-hybridized carbons (Fsp3) is 0.208. The number of aryl methyl sites for hydroxylation is 1. The number of ether oxygens (including phenoxy) is 2. The third kappa shape index (κ3) is 3.82. The van der Waals surface area contributed by atoms with Crippen molar-refractivity contribution >= 4 is 23.0 Å². The molecule has 164 valence electrons. The average molecular weight is 433 g/mol. The maximum atomic E-state index is 12.5. The topological polar surface area (TPSA) is 106 Å². The summed E-state index contributed by atoms with van der Waals surface area (Å²) in [5, 5.41) is 10.8. The zero-order valence-electron chi connectivity index (χ0n) is 18.0. The highest BCUT2D eigenvalue weighted by molar-refractivity contribution is 6.31. The van der Waals surface area contributed by atoms with Crippen LogP contribution in [0.2, 0.25) is 0 Å². The summed E-state index contributed by atoms with van der Waals surface area (Å²) >= 11 is 0. The lowest BCUT2D eigenvalue weighted by atomic mass is 10.0. The fourth-order valence-corrected chi connectivity index (χ4v) is 3.75. The first-order chi connectivity index (χ1) is 15.4. The van der Waals surface area contributed by atoms with E-state index in [9.17, 15) is 14.7 Å². The Balaban J connectivity index is 1.69. The third-order valence-corrected chi connectivity index (χ3v) is 5.44. The molecule has 0 aliphatic carbocycles. The van der Waals surface area contributed by atoms with Gasteiger partial charge in [0.25, 0.3) is 5.56 Å². The van der Waals surface area contributed by atoms with Gasteiger partial charge >= 0.3 is 5.69 Å². The van der Waals surface area contributed by atoms with E-state index in [1.807, 2.05) is 43.3 Å². The van der Waals surface area contributed by atoms with Crippen molar-refractivity contribution < 1.29 is 14.6 Å². The zero-order chi connectivity index (χ0) is 22.8. The lowest BCUT2D eigenvalue weighted by molar-refractivity contribution is 0.354. The summed E-state index contributed by atoms with van der Waals surface area (Å²) in [7, 11) is 3.10. The van der Waals surface area contributed by atoms with E-state index >= 15 is 0 Å². The van der Waals surface area contributed by atoms with Crippen LogP contribution in [-0.4, -0.2) is 34.6 Å². The lowest BCUT2D eigenvalue weighted by Crippen LogP contribution is -2.32. The first kappa shape index (κ1) is 21.2. The Labute approximate surface area is 184 Å². The van der Waals surface area contributed by atoms with Gasteiger partial charge in [-0.05, 0) is 43.2 Å². The molecule has 0 amide bonds. The van der Waals surface area contributed by atoms with Crippen LogP contribution in [0.25, 0.3) is 11.6 Å². The molecule has 0 bridgehead atoms. The van der Waals surface area contributed by atoms with Crippen LogP contribution in [0.5, 0.6) is 17.4 Å². The summed E-state index contributed by atoms with van der Waals surface area (Å²) in [5.74, 6) is 0.787. The van der Waals surface area contributed by atoms with Gasteiger partial charge in [0.2, 0.25) is 5.88 Å². The van der Waals surface area contributed by atoms with Crippen LogP contribution < -0.4 is 20.7 Å². The molecule has 1 aliphatic rings. The minimum atomic E-state index is -0.674. The van der Waals surface area contributed by atoms with Crippen LogP contribution in [0.1, 0.15) is 23.6 Å². The molecule has 0 fully saturated rings. The number of rotatable bonds is 6. The summed E-state index contributed by atoms with van der Waals surface area (Å²) in [6, 6.07) is 13.0. The summed E-state index contributed by atoms with van der Waals surface area (Å²) in [5.41, 5.74) is 2.69. The van der Waals surface area contributed by atoms with Crippen molar-refractivity contribution in [3.8, 4) is 17.4 Å². The molecule has 8 heteroatoms. The highest BCUT2D eigenvalue weighted by Crippen LogP contribution is 2.36. The van der Waals surface area contributed by atoms with E-state index in [0.29, 0.717) is 17.9 Å². The highest BCUT2D eigenvalue weighted by Gasteiger charge is 2.20. The fourth-order valence-electron chi connectivity index (χ4n) is 3.75. The summed E-state index contributed by atoms with van der Waals surface area (Å²) < 4.78 is 11.7. The smallest absolute Gasteiger partial charge is 0.331 e. The molecule has 2 heterocycles. The molecule has 0 spiro atoms. The number of hydrogen-bond donors (Lipinski definition) is 2. The van der Waals surface area contributed by atoms with Crippen molar-refractivity contribution in [2.75, 3.05) is 14.2 Å². The molecule has 0 saturated heterocycles. The van der Waals surface area contributed by atoms with Gasteiger partial charge in [0.05, 0.1) is 19.9 Å². The average Bonchev–Trinajstić information content (AvgIpc) is 3.10. The van der Waals surface area contributed by atoms with E-state index in [1.54, 1.807) is 26.4 Å². The first-order valence-electron chi connectivity index (χ1n) is 10.1. The molecule has 0 unspecified atom stereocenters. The number of nitrogens with zero attached hydrogens (tertiary/aromatic N) is 2. The zero-order valence-corrected chi connectivity index (χ0v) is 18.0. The van der Waals surface area contributed by atoms with Gasteiger partial charge in [-0.15, -0.1) is 0 Å². The van der Waals surface area contributed by atoms with E-state index in [0.717, 1.165) is 32.7 Å². The Morgan fingerprint density at radius 3 is 2.59 bits per heavy atom. The van der Waals surface area contributed by atoms with Crippen LogP contribution in [0, 0.1) is 0 Å². The van der Waals surface area contributed by atoms with Crippen molar-refractivity contribution in [1.29, 1.82) is 0 Å². The normalized spacial score (nSPS) is 13.7. The number of allylic oxidation sites excluding steroid dienone is 1. The number of methoxy groups -OCH3 is 2. The molecule has 0 saturated carbocycles. The van der Waals surface area contributed by atoms with E-state index < -0.39 is 11.2 Å². The number of aromatic hydroxyl groups is 1. The second-order valence-electron chi connectivity index (χ2n) is 7.36. The summed E-state index contributed by atoms with van der Waals surface area (Å²) in [6.45, 7) is 2.00. The molecule has 0 radical (unpaired) electrons. The monoisotopic (exact) mass is 433 g/mol. The molecule has 8 nitrogen and oxygen atoms in total. The van der Waals surface area contributed by atoms with Gasteiger partial charge in [0.1, 0.15) is 5.56 Å². The number of aliphatic imine (C=N–C) groups is 1. The molecule has 4 rings (SSSR count). The second-order valence-corrected chi connectivity index (χ2v) is 7.36. The SMILES string of the molecule is COc1ccc(CCn2c(O)c(/C=C3/C(C)=Nc4ccccc43)c(=O)[nH]c2=O)cc1OC. The molecule has 1 aliphatic heterocycles. The van der Waals surface area contributed by atoms with Gasteiger partial charge in [-0.2, -0.15) is 0 Å². The van der Waals surface area contributed by atoms with Crippen molar-refractivity contribution in [3.63, 3.8) is 0 Å². The summed E-state index contributed by atoms with van der Waals surface area (Å²) in [6.07, 6.45) is 2.00. The molecule has 0 atom stereocenters. The second kappa shape index (κ2) is 8.58. The number of nitrogens with one attached hydrogen (secondary N) is 1. The van der Waals surface area contributed by atoms with Gasteiger partial charge in [-0.1, -0.05) is 24.3 Å². The van der Waals surface area contributed by atoms with E-state index in [2.05, 4.69) is 9.98 Å².